The number of rotatable bonds is 5. The van der Waals surface area contributed by atoms with E-state index >= 15 is 0 Å². The van der Waals surface area contributed by atoms with Crippen LogP contribution in [-0.4, -0.2) is 22.1 Å². The molecule has 0 amide bonds. The highest BCUT2D eigenvalue weighted by Gasteiger charge is 2.34. The van der Waals surface area contributed by atoms with Crippen LogP contribution in [-0.2, 0) is 11.0 Å². The van der Waals surface area contributed by atoms with Gasteiger partial charge in [-0.1, -0.05) is 34.9 Å². The molecule has 6 nitrogen and oxygen atoms in total. The minimum Gasteiger partial charge on any atom is -0.481 e. The first-order valence-electron chi connectivity index (χ1n) is 6.79. The van der Waals surface area contributed by atoms with Crippen LogP contribution in [0.5, 0.6) is 0 Å². The van der Waals surface area contributed by atoms with Crippen molar-refractivity contribution in [3.8, 4) is 0 Å². The van der Waals surface area contributed by atoms with Gasteiger partial charge in [-0.2, -0.15) is 13.2 Å². The van der Waals surface area contributed by atoms with Gasteiger partial charge >= 0.3 is 12.1 Å². The van der Waals surface area contributed by atoms with E-state index in [1.54, 1.807) is 0 Å². The second kappa shape index (κ2) is 7.42. The van der Waals surface area contributed by atoms with E-state index in [0.29, 0.717) is 10.6 Å². The quantitative estimate of drug-likeness (QED) is 0.471. The zero-order valence-electron chi connectivity index (χ0n) is 12.4. The van der Waals surface area contributed by atoms with E-state index in [1.165, 1.54) is 24.3 Å². The van der Waals surface area contributed by atoms with Gasteiger partial charge in [0, 0.05) is 22.0 Å². The van der Waals surface area contributed by atoms with E-state index in [0.717, 1.165) is 18.3 Å². The molecule has 2 atom stereocenters. The first kappa shape index (κ1) is 18.6. The molecule has 0 bridgehead atoms. The van der Waals surface area contributed by atoms with Crippen LogP contribution >= 0.6 is 11.6 Å². The molecule has 2 rings (SSSR count). The lowest BCUT2D eigenvalue weighted by atomic mass is 9.86. The summed E-state index contributed by atoms with van der Waals surface area (Å²) < 4.78 is 38.0. The molecule has 0 aliphatic carbocycles. The van der Waals surface area contributed by atoms with Crippen LogP contribution in [0.2, 0.25) is 5.02 Å². The zero-order chi connectivity index (χ0) is 18.6. The van der Waals surface area contributed by atoms with E-state index in [1.807, 2.05) is 0 Å². The van der Waals surface area contributed by atoms with Crippen LogP contribution in [0.15, 0.2) is 47.7 Å². The molecular formula is C15H10ClF3N4O2. The number of nitrogens with zero attached hydrogens (tertiary/aromatic N) is 4. The van der Waals surface area contributed by atoms with E-state index in [4.69, 9.17) is 17.1 Å². The second-order valence-electron chi connectivity index (χ2n) is 4.99. The summed E-state index contributed by atoms with van der Waals surface area (Å²) in [6, 6.07) is 6.30. The van der Waals surface area contributed by atoms with Gasteiger partial charge in [0.2, 0.25) is 0 Å². The molecule has 0 aliphatic rings. The summed E-state index contributed by atoms with van der Waals surface area (Å²) in [5.41, 5.74) is 8.09. The van der Waals surface area contributed by atoms with Crippen molar-refractivity contribution in [1.29, 1.82) is 0 Å². The van der Waals surface area contributed by atoms with Gasteiger partial charge in [-0.05, 0) is 34.9 Å². The molecule has 2 aromatic rings. The predicted octanol–water partition coefficient (Wildman–Crippen LogP) is 4.65. The van der Waals surface area contributed by atoms with Crippen molar-refractivity contribution >= 4 is 17.6 Å². The lowest BCUT2D eigenvalue weighted by Gasteiger charge is -2.22. The highest BCUT2D eigenvalue weighted by molar-refractivity contribution is 6.30. The van der Waals surface area contributed by atoms with Crippen LogP contribution in [0.3, 0.4) is 0 Å². The summed E-state index contributed by atoms with van der Waals surface area (Å²) in [5, 5.41) is 13.0. The summed E-state index contributed by atoms with van der Waals surface area (Å²) in [5.74, 6) is -2.45. The molecule has 0 fully saturated rings. The smallest absolute Gasteiger partial charge is 0.433 e. The number of carbonyl (C=O) groups is 1. The first-order valence-corrected chi connectivity index (χ1v) is 7.17. The Morgan fingerprint density at radius 2 is 1.80 bits per heavy atom. The zero-order valence-corrected chi connectivity index (χ0v) is 13.1. The molecule has 0 saturated carbocycles. The van der Waals surface area contributed by atoms with Gasteiger partial charge in [0.1, 0.15) is 11.7 Å². The molecule has 0 saturated heterocycles. The third kappa shape index (κ3) is 4.40. The topological polar surface area (TPSA) is 99.0 Å². The number of alkyl halides is 3. The van der Waals surface area contributed by atoms with Crippen molar-refractivity contribution < 1.29 is 23.1 Å². The molecule has 25 heavy (non-hydrogen) atoms. The van der Waals surface area contributed by atoms with Crippen molar-refractivity contribution in [1.82, 2.24) is 4.98 Å². The van der Waals surface area contributed by atoms with E-state index in [-0.39, 0.29) is 5.56 Å². The predicted molar refractivity (Wildman–Crippen MR) is 83.1 cm³/mol. The Balaban J connectivity index is 2.56. The first-order chi connectivity index (χ1) is 11.7. The molecule has 0 radical (unpaired) electrons. The highest BCUT2D eigenvalue weighted by Crippen LogP contribution is 2.33. The number of carboxylic acid groups (broad SMARTS) is 1. The van der Waals surface area contributed by atoms with Crippen molar-refractivity contribution in [2.45, 2.75) is 18.1 Å². The van der Waals surface area contributed by atoms with Gasteiger partial charge < -0.3 is 5.11 Å². The van der Waals surface area contributed by atoms with Gasteiger partial charge in [0.05, 0.1) is 0 Å². The number of hydrogen-bond acceptors (Lipinski definition) is 3. The summed E-state index contributed by atoms with van der Waals surface area (Å²) in [6.45, 7) is 0. The molecule has 0 unspecified atom stereocenters. The van der Waals surface area contributed by atoms with Crippen molar-refractivity contribution in [2.24, 2.45) is 5.11 Å². The van der Waals surface area contributed by atoms with E-state index in [2.05, 4.69) is 15.0 Å². The Morgan fingerprint density at radius 3 is 2.24 bits per heavy atom. The van der Waals surface area contributed by atoms with Crippen LogP contribution in [0.1, 0.15) is 22.7 Å². The second-order valence-corrected chi connectivity index (χ2v) is 5.43. The maximum atomic E-state index is 12.7. The fourth-order valence-electron chi connectivity index (χ4n) is 2.30. The number of carboxylic acids is 1. The molecule has 1 aromatic heterocycles. The van der Waals surface area contributed by atoms with E-state index < -0.39 is 29.8 Å². The lowest BCUT2D eigenvalue weighted by molar-refractivity contribution is -0.141. The lowest BCUT2D eigenvalue weighted by Crippen LogP contribution is -2.27. The molecule has 1 heterocycles. The average Bonchev–Trinajstić information content (AvgIpc) is 2.55. The molecule has 1 N–H and O–H groups in total. The third-order valence-electron chi connectivity index (χ3n) is 3.41. The molecule has 1 aromatic carbocycles. The highest BCUT2D eigenvalue weighted by atomic mass is 35.5. The number of azide groups is 1. The Hall–Kier alpha value is -2.77. The van der Waals surface area contributed by atoms with E-state index in [9.17, 15) is 23.1 Å². The van der Waals surface area contributed by atoms with Gasteiger partial charge in [-0.15, -0.1) is 0 Å². The Kier molecular flexibility index (Phi) is 5.51. The summed E-state index contributed by atoms with van der Waals surface area (Å²) in [6.07, 6.45) is -3.70. The minimum atomic E-state index is -4.62. The molecular weight excluding hydrogens is 361 g/mol. The number of halogens is 4. The molecule has 130 valence electrons. The summed E-state index contributed by atoms with van der Waals surface area (Å²) in [7, 11) is 0. The Labute approximate surface area is 144 Å². The molecule has 10 heteroatoms. The Bertz CT molecular complexity index is 801. The van der Waals surface area contributed by atoms with Gasteiger partial charge in [-0.25, -0.2) is 0 Å². The maximum absolute atomic E-state index is 12.7. The number of hydrogen-bond donors (Lipinski definition) is 1. The minimum absolute atomic E-state index is 0.162. The van der Waals surface area contributed by atoms with Crippen LogP contribution < -0.4 is 0 Å². The Morgan fingerprint density at radius 1 is 1.20 bits per heavy atom. The normalized spacial score (nSPS) is 13.6. The monoisotopic (exact) mass is 370 g/mol. The number of pyridine rings is 1. The maximum Gasteiger partial charge on any atom is 0.433 e. The number of aliphatic carboxylic acids is 1. The largest absolute Gasteiger partial charge is 0.481 e. The standard InChI is InChI=1S/C15H10ClF3N4O2/c16-10-4-1-8(2-5-10)12(13(14(24)25)22-23-20)9-3-6-11(21-7-9)15(17,18)19/h1-7,12-13H,(H,24,25)/t12-,13-/m0/s1. The van der Waals surface area contributed by atoms with Crippen LogP contribution in [0.25, 0.3) is 10.4 Å². The molecule has 0 aliphatic heterocycles. The summed E-state index contributed by atoms with van der Waals surface area (Å²) >= 11 is 5.80. The average molecular weight is 371 g/mol. The van der Waals surface area contributed by atoms with Gasteiger partial charge in [-0.3, -0.25) is 9.78 Å². The van der Waals surface area contributed by atoms with Crippen LogP contribution in [0, 0.1) is 0 Å². The number of aromatic nitrogens is 1. The molecule has 0 spiro atoms. The van der Waals surface area contributed by atoms with Crippen molar-refractivity contribution in [2.75, 3.05) is 0 Å². The van der Waals surface area contributed by atoms with Gasteiger partial charge in [0.25, 0.3) is 0 Å². The van der Waals surface area contributed by atoms with Crippen molar-refractivity contribution in [3.05, 3.63) is 74.9 Å². The fourth-order valence-corrected chi connectivity index (χ4v) is 2.42. The summed E-state index contributed by atoms with van der Waals surface area (Å²) in [4.78, 5) is 17.3. The third-order valence-corrected chi connectivity index (χ3v) is 3.66. The number of benzene rings is 1. The van der Waals surface area contributed by atoms with Crippen molar-refractivity contribution in [3.63, 3.8) is 0 Å². The SMILES string of the molecule is [N-]=[N+]=N[C@H](C(=O)O)[C@@H](c1ccc(Cl)cc1)c1ccc(C(F)(F)F)nc1. The fraction of sp³-hybridized carbons (Fsp3) is 0.200. The van der Waals surface area contributed by atoms with Crippen LogP contribution in [0.4, 0.5) is 13.2 Å². The van der Waals surface area contributed by atoms with Gasteiger partial charge in [0.15, 0.2) is 0 Å².